The molecule has 3 N–H and O–H groups in total. The third-order valence-electron chi connectivity index (χ3n) is 4.87. The highest BCUT2D eigenvalue weighted by molar-refractivity contribution is 5.73. The van der Waals surface area contributed by atoms with Gasteiger partial charge >= 0.3 is 6.03 Å². The molecule has 152 valence electrons. The second kappa shape index (κ2) is 10.3. The largest absolute Gasteiger partial charge is 0.502 e. The van der Waals surface area contributed by atoms with Gasteiger partial charge < -0.3 is 30.1 Å². The van der Waals surface area contributed by atoms with Gasteiger partial charge in [-0.3, -0.25) is 0 Å². The quantitative estimate of drug-likeness (QED) is 0.605. The van der Waals surface area contributed by atoms with Gasteiger partial charge in [0, 0.05) is 26.2 Å². The number of hydrogen-bond acceptors (Lipinski definition) is 5. The molecule has 1 aromatic rings. The summed E-state index contributed by atoms with van der Waals surface area (Å²) in [5, 5.41) is 15.6. The van der Waals surface area contributed by atoms with E-state index in [1.165, 1.54) is 20.6 Å². The second-order valence-electron chi connectivity index (χ2n) is 7.52. The molecule has 1 fully saturated rings. The predicted molar refractivity (Wildman–Crippen MR) is 105 cm³/mol. The Bertz CT molecular complexity index is 588. The number of amides is 2. The number of phenolic OH excluding ortho intramolecular Hbond substituents is 1. The van der Waals surface area contributed by atoms with Crippen LogP contribution in [-0.2, 0) is 6.54 Å². The first-order valence-electron chi connectivity index (χ1n) is 9.60. The fraction of sp³-hybridized carbons (Fsp3) is 0.650. The van der Waals surface area contributed by atoms with Crippen molar-refractivity contribution in [1.29, 1.82) is 0 Å². The number of carbonyl (C=O) groups is 1. The Kier molecular flexibility index (Phi) is 8.03. The first-order valence-corrected chi connectivity index (χ1v) is 9.60. The van der Waals surface area contributed by atoms with Crippen molar-refractivity contribution in [3.8, 4) is 17.2 Å². The molecular formula is C20H33N3O4. The molecule has 1 aromatic carbocycles. The number of urea groups is 1. The van der Waals surface area contributed by atoms with E-state index in [2.05, 4.69) is 29.4 Å². The van der Waals surface area contributed by atoms with E-state index in [0.717, 1.165) is 43.5 Å². The molecule has 1 aliphatic heterocycles. The van der Waals surface area contributed by atoms with Crippen LogP contribution in [0.1, 0.15) is 32.3 Å². The second-order valence-corrected chi connectivity index (χ2v) is 7.52. The number of aromatic hydroxyl groups is 1. The molecule has 0 aliphatic carbocycles. The summed E-state index contributed by atoms with van der Waals surface area (Å²) in [7, 11) is 2.95. The summed E-state index contributed by atoms with van der Waals surface area (Å²) in [5.74, 6) is 2.09. The number of benzene rings is 1. The Labute approximate surface area is 162 Å². The van der Waals surface area contributed by atoms with Gasteiger partial charge in [-0.15, -0.1) is 0 Å². The third-order valence-corrected chi connectivity index (χ3v) is 4.87. The molecule has 7 heteroatoms. The topological polar surface area (TPSA) is 83.1 Å². The van der Waals surface area contributed by atoms with E-state index < -0.39 is 0 Å². The normalized spacial score (nSPS) is 20.1. The molecule has 2 atom stereocenters. The summed E-state index contributed by atoms with van der Waals surface area (Å²) in [4.78, 5) is 14.5. The van der Waals surface area contributed by atoms with Gasteiger partial charge in [-0.25, -0.2) is 4.79 Å². The van der Waals surface area contributed by atoms with E-state index >= 15 is 0 Å². The molecule has 0 bridgehead atoms. The van der Waals surface area contributed by atoms with E-state index in [1.807, 2.05) is 0 Å². The molecule has 2 rings (SSSR count). The van der Waals surface area contributed by atoms with Gasteiger partial charge in [0.15, 0.2) is 11.5 Å². The Morgan fingerprint density at radius 3 is 2.30 bits per heavy atom. The Morgan fingerprint density at radius 2 is 1.74 bits per heavy atom. The first kappa shape index (κ1) is 21.2. The molecular weight excluding hydrogens is 346 g/mol. The van der Waals surface area contributed by atoms with Crippen molar-refractivity contribution >= 4 is 6.03 Å². The average molecular weight is 380 g/mol. The Morgan fingerprint density at radius 1 is 1.15 bits per heavy atom. The number of methoxy groups -OCH3 is 2. The molecule has 1 aliphatic rings. The molecule has 1 saturated heterocycles. The molecule has 0 spiro atoms. The Balaban J connectivity index is 1.70. The van der Waals surface area contributed by atoms with Crippen LogP contribution in [0.4, 0.5) is 4.79 Å². The number of likely N-dealkylation sites (tertiary alicyclic amines) is 1. The van der Waals surface area contributed by atoms with Crippen molar-refractivity contribution in [3.05, 3.63) is 17.7 Å². The smallest absolute Gasteiger partial charge is 0.315 e. The number of hydrogen-bond donors (Lipinski definition) is 3. The molecule has 0 radical (unpaired) electrons. The van der Waals surface area contributed by atoms with Crippen molar-refractivity contribution < 1.29 is 19.4 Å². The summed E-state index contributed by atoms with van der Waals surface area (Å²) in [6, 6.07) is 3.15. The summed E-state index contributed by atoms with van der Waals surface area (Å²) < 4.78 is 10.2. The van der Waals surface area contributed by atoms with Gasteiger partial charge in [-0.2, -0.15) is 0 Å². The summed E-state index contributed by atoms with van der Waals surface area (Å²) in [6.07, 6.45) is 2.25. The van der Waals surface area contributed by atoms with Crippen molar-refractivity contribution in [2.75, 3.05) is 40.4 Å². The van der Waals surface area contributed by atoms with Gasteiger partial charge in [0.1, 0.15) is 0 Å². The lowest BCUT2D eigenvalue weighted by atomic mass is 9.92. The van der Waals surface area contributed by atoms with Crippen LogP contribution in [0.3, 0.4) is 0 Å². The first-order chi connectivity index (χ1) is 12.9. The molecule has 1 heterocycles. The Hall–Kier alpha value is -2.15. The predicted octanol–water partition coefficient (Wildman–Crippen LogP) is 2.58. The highest BCUT2D eigenvalue weighted by atomic mass is 16.5. The number of nitrogens with zero attached hydrogens (tertiary/aromatic N) is 1. The van der Waals surface area contributed by atoms with Crippen molar-refractivity contribution in [3.63, 3.8) is 0 Å². The minimum atomic E-state index is -0.207. The number of carbonyl (C=O) groups excluding carboxylic acids is 1. The highest BCUT2D eigenvalue weighted by Crippen LogP contribution is 2.36. The van der Waals surface area contributed by atoms with E-state index in [1.54, 1.807) is 12.1 Å². The van der Waals surface area contributed by atoms with Crippen LogP contribution in [0.15, 0.2) is 12.1 Å². The van der Waals surface area contributed by atoms with Crippen LogP contribution in [-0.4, -0.2) is 56.4 Å². The zero-order chi connectivity index (χ0) is 19.8. The van der Waals surface area contributed by atoms with Crippen LogP contribution in [0.5, 0.6) is 17.2 Å². The third kappa shape index (κ3) is 6.50. The van der Waals surface area contributed by atoms with Gasteiger partial charge in [-0.05, 0) is 48.9 Å². The van der Waals surface area contributed by atoms with Gasteiger partial charge in [-0.1, -0.05) is 13.8 Å². The summed E-state index contributed by atoms with van der Waals surface area (Å²) in [5.41, 5.74) is 0.785. The monoisotopic (exact) mass is 379 g/mol. The standard InChI is InChI=1S/C20H33N3O4/c1-14-8-15(2)13-23(12-14)7-5-6-21-20(25)22-11-16-9-17(26-3)19(24)18(10-16)27-4/h9-10,14-15,24H,5-8,11-13H2,1-4H3,(H2,21,22,25)/t14-,15-/m0/s1. The van der Waals surface area contributed by atoms with E-state index in [4.69, 9.17) is 9.47 Å². The number of phenols is 1. The van der Waals surface area contributed by atoms with Crippen molar-refractivity contribution in [1.82, 2.24) is 15.5 Å². The lowest BCUT2D eigenvalue weighted by molar-refractivity contribution is 0.139. The van der Waals surface area contributed by atoms with Gasteiger partial charge in [0.2, 0.25) is 5.75 Å². The number of piperidine rings is 1. The van der Waals surface area contributed by atoms with Gasteiger partial charge in [0.05, 0.1) is 14.2 Å². The lowest BCUT2D eigenvalue weighted by Crippen LogP contribution is -2.41. The lowest BCUT2D eigenvalue weighted by Gasteiger charge is -2.34. The van der Waals surface area contributed by atoms with Crippen LogP contribution >= 0.6 is 0 Å². The van der Waals surface area contributed by atoms with E-state index in [-0.39, 0.29) is 11.8 Å². The molecule has 0 unspecified atom stereocenters. The number of ether oxygens (including phenoxy) is 2. The molecule has 27 heavy (non-hydrogen) atoms. The van der Waals surface area contributed by atoms with Crippen molar-refractivity contribution in [2.24, 2.45) is 11.8 Å². The van der Waals surface area contributed by atoms with Gasteiger partial charge in [0.25, 0.3) is 0 Å². The van der Waals surface area contributed by atoms with E-state index in [0.29, 0.717) is 24.6 Å². The summed E-state index contributed by atoms with van der Waals surface area (Å²) >= 11 is 0. The van der Waals surface area contributed by atoms with Crippen LogP contribution in [0.25, 0.3) is 0 Å². The SMILES string of the molecule is COc1cc(CNC(=O)NCCCN2C[C@@H](C)C[C@H](C)C2)cc(OC)c1O. The van der Waals surface area contributed by atoms with Crippen LogP contribution < -0.4 is 20.1 Å². The zero-order valence-electron chi connectivity index (χ0n) is 16.9. The zero-order valence-corrected chi connectivity index (χ0v) is 16.9. The number of rotatable bonds is 8. The molecule has 0 saturated carbocycles. The fourth-order valence-electron chi connectivity index (χ4n) is 3.77. The molecule has 2 amide bonds. The minimum Gasteiger partial charge on any atom is -0.502 e. The summed E-state index contributed by atoms with van der Waals surface area (Å²) in [6.45, 7) is 8.90. The van der Waals surface area contributed by atoms with Crippen molar-refractivity contribution in [2.45, 2.75) is 33.2 Å². The molecule has 7 nitrogen and oxygen atoms in total. The fourth-order valence-corrected chi connectivity index (χ4v) is 3.77. The van der Waals surface area contributed by atoms with Crippen LogP contribution in [0.2, 0.25) is 0 Å². The highest BCUT2D eigenvalue weighted by Gasteiger charge is 2.21. The minimum absolute atomic E-state index is 0.0467. The maximum absolute atomic E-state index is 12.0. The number of nitrogens with one attached hydrogen (secondary N) is 2. The molecule has 0 aromatic heterocycles. The van der Waals surface area contributed by atoms with E-state index in [9.17, 15) is 9.90 Å². The maximum atomic E-state index is 12.0. The average Bonchev–Trinajstić information content (AvgIpc) is 2.63. The van der Waals surface area contributed by atoms with Crippen LogP contribution in [0, 0.1) is 11.8 Å². The maximum Gasteiger partial charge on any atom is 0.315 e.